The molecule has 0 fully saturated rings. The van der Waals surface area contributed by atoms with E-state index < -0.39 is 0 Å². The first-order valence-electron chi connectivity index (χ1n) is 11.1. The Morgan fingerprint density at radius 2 is 1.94 bits per heavy atom. The lowest BCUT2D eigenvalue weighted by molar-refractivity contribution is 0.161. The molecule has 5 nitrogen and oxygen atoms in total. The molecule has 1 aromatic carbocycles. The summed E-state index contributed by atoms with van der Waals surface area (Å²) in [7, 11) is 4.18. The first kappa shape index (κ1) is 20.6. The van der Waals surface area contributed by atoms with Crippen molar-refractivity contribution >= 4 is 16.5 Å². The Bertz CT molecular complexity index is 1240. The summed E-state index contributed by atoms with van der Waals surface area (Å²) in [4.78, 5) is 11.6. The molecule has 0 spiro atoms. The number of rotatable bonds is 6. The predicted octanol–water partition coefficient (Wildman–Crippen LogP) is 5.01. The first-order valence-corrected chi connectivity index (χ1v) is 11.1. The molecule has 1 aliphatic rings. The number of nitrogens with zero attached hydrogens (tertiary/aromatic N) is 4. The smallest absolute Gasteiger partial charge is 0.0761 e. The van der Waals surface area contributed by atoms with Crippen molar-refractivity contribution in [1.29, 1.82) is 0 Å². The number of fused-ring (bicyclic) bond motifs is 1. The van der Waals surface area contributed by atoms with Crippen molar-refractivity contribution in [1.82, 2.24) is 19.4 Å². The summed E-state index contributed by atoms with van der Waals surface area (Å²) < 4.78 is 7.85. The second-order valence-electron chi connectivity index (χ2n) is 8.58. The van der Waals surface area contributed by atoms with Gasteiger partial charge in [0.1, 0.15) is 0 Å². The molecule has 0 N–H and O–H groups in total. The van der Waals surface area contributed by atoms with Gasteiger partial charge < -0.3 is 14.2 Å². The van der Waals surface area contributed by atoms with Gasteiger partial charge in [-0.05, 0) is 55.4 Å². The topological polar surface area (TPSA) is 43.2 Å². The van der Waals surface area contributed by atoms with Crippen molar-refractivity contribution in [2.45, 2.75) is 19.5 Å². The van der Waals surface area contributed by atoms with Crippen molar-refractivity contribution in [3.8, 4) is 11.3 Å². The van der Waals surface area contributed by atoms with E-state index in [0.717, 1.165) is 43.1 Å². The highest BCUT2D eigenvalue weighted by Crippen LogP contribution is 2.32. The Hall–Kier alpha value is -3.28. The normalized spacial score (nSPS) is 14.2. The standard InChI is InChI=1S/C27H28N4O/c1-30(2)18-20-5-7-22(8-6-20)25-16-26-24(27(29-25)23-10-14-32-15-11-23)9-13-31(26)19-21-4-3-12-28-17-21/h3-10,12-13,16-17H,11,14-15,18-19H2,1-2H3. The Morgan fingerprint density at radius 3 is 2.66 bits per heavy atom. The highest BCUT2D eigenvalue weighted by Gasteiger charge is 2.16. The summed E-state index contributed by atoms with van der Waals surface area (Å²) in [5, 5.41) is 1.19. The van der Waals surface area contributed by atoms with E-state index in [-0.39, 0.29) is 0 Å². The maximum atomic E-state index is 5.56. The predicted molar refractivity (Wildman–Crippen MR) is 129 cm³/mol. The van der Waals surface area contributed by atoms with Crippen LogP contribution in [0.1, 0.15) is 23.2 Å². The summed E-state index contributed by atoms with van der Waals surface area (Å²) in [5.74, 6) is 0. The van der Waals surface area contributed by atoms with Crippen LogP contribution in [0.5, 0.6) is 0 Å². The van der Waals surface area contributed by atoms with Crippen molar-refractivity contribution in [3.63, 3.8) is 0 Å². The van der Waals surface area contributed by atoms with E-state index in [1.807, 2.05) is 18.5 Å². The van der Waals surface area contributed by atoms with Crippen LogP contribution in [0.4, 0.5) is 0 Å². The van der Waals surface area contributed by atoms with Crippen molar-refractivity contribution in [2.24, 2.45) is 0 Å². The van der Waals surface area contributed by atoms with Crippen LogP contribution in [0.25, 0.3) is 27.7 Å². The Kier molecular flexibility index (Phi) is 5.84. The van der Waals surface area contributed by atoms with Crippen molar-refractivity contribution in [3.05, 3.63) is 90.0 Å². The van der Waals surface area contributed by atoms with Crippen LogP contribution in [0, 0.1) is 0 Å². The lowest BCUT2D eigenvalue weighted by Crippen LogP contribution is -2.10. The number of benzene rings is 1. The van der Waals surface area contributed by atoms with E-state index in [0.29, 0.717) is 6.61 Å². The van der Waals surface area contributed by atoms with Crippen LogP contribution in [0.15, 0.2) is 73.2 Å². The van der Waals surface area contributed by atoms with Crippen LogP contribution in [-0.4, -0.2) is 46.7 Å². The van der Waals surface area contributed by atoms with Crippen LogP contribution >= 0.6 is 0 Å². The van der Waals surface area contributed by atoms with Crippen LogP contribution in [0.3, 0.4) is 0 Å². The molecule has 0 bridgehead atoms. The van der Waals surface area contributed by atoms with Crippen molar-refractivity contribution in [2.75, 3.05) is 27.3 Å². The molecule has 5 rings (SSSR count). The third-order valence-electron chi connectivity index (χ3n) is 5.86. The molecule has 0 unspecified atom stereocenters. The van der Waals surface area contributed by atoms with Gasteiger partial charge in [-0.15, -0.1) is 0 Å². The fourth-order valence-electron chi connectivity index (χ4n) is 4.30. The molecule has 0 aliphatic carbocycles. The molecule has 0 saturated heterocycles. The molecular weight excluding hydrogens is 396 g/mol. The van der Waals surface area contributed by atoms with E-state index in [2.05, 4.69) is 83.3 Å². The number of hydrogen-bond acceptors (Lipinski definition) is 4. The van der Waals surface area contributed by atoms with E-state index in [1.54, 1.807) is 0 Å². The average molecular weight is 425 g/mol. The van der Waals surface area contributed by atoms with Gasteiger partial charge in [-0.1, -0.05) is 36.4 Å². The van der Waals surface area contributed by atoms with Gasteiger partial charge in [-0.3, -0.25) is 4.98 Å². The second-order valence-corrected chi connectivity index (χ2v) is 8.58. The van der Waals surface area contributed by atoms with Gasteiger partial charge in [0.05, 0.1) is 30.1 Å². The molecule has 0 radical (unpaired) electrons. The molecule has 0 atom stereocenters. The zero-order valence-electron chi connectivity index (χ0n) is 18.7. The summed E-state index contributed by atoms with van der Waals surface area (Å²) >= 11 is 0. The minimum Gasteiger partial charge on any atom is -0.377 e. The SMILES string of the molecule is CN(C)Cc1ccc(-c2cc3c(ccn3Cc3cccnc3)c(C3=CCOCC3)n2)cc1. The molecular formula is C27H28N4O. The number of hydrogen-bond donors (Lipinski definition) is 0. The van der Waals surface area contributed by atoms with E-state index in [1.165, 1.54) is 27.6 Å². The lowest BCUT2D eigenvalue weighted by Gasteiger charge is -2.16. The van der Waals surface area contributed by atoms with Gasteiger partial charge in [0.15, 0.2) is 0 Å². The molecule has 0 saturated carbocycles. The lowest BCUT2D eigenvalue weighted by atomic mass is 10.0. The maximum absolute atomic E-state index is 5.56. The van der Waals surface area contributed by atoms with Gasteiger partial charge in [-0.2, -0.15) is 0 Å². The molecule has 3 aromatic heterocycles. The highest BCUT2D eigenvalue weighted by atomic mass is 16.5. The number of pyridine rings is 2. The van der Waals surface area contributed by atoms with Gasteiger partial charge in [0.25, 0.3) is 0 Å². The zero-order valence-corrected chi connectivity index (χ0v) is 18.7. The molecule has 4 heterocycles. The Balaban J connectivity index is 1.60. The van der Waals surface area contributed by atoms with Gasteiger partial charge in [0, 0.05) is 42.6 Å². The summed E-state index contributed by atoms with van der Waals surface area (Å²) in [5.41, 5.74) is 8.16. The molecule has 32 heavy (non-hydrogen) atoms. The molecule has 162 valence electrons. The largest absolute Gasteiger partial charge is 0.377 e. The summed E-state index contributed by atoms with van der Waals surface area (Å²) in [6.45, 7) is 3.11. The highest BCUT2D eigenvalue weighted by molar-refractivity contribution is 5.93. The molecule has 1 aliphatic heterocycles. The fraction of sp³-hybridized carbons (Fsp3) is 0.259. The minimum absolute atomic E-state index is 0.651. The van der Waals surface area contributed by atoms with Gasteiger partial charge >= 0.3 is 0 Å². The Morgan fingerprint density at radius 1 is 1.06 bits per heavy atom. The third-order valence-corrected chi connectivity index (χ3v) is 5.86. The first-order chi connectivity index (χ1) is 15.7. The zero-order chi connectivity index (χ0) is 21.9. The molecule has 5 heteroatoms. The molecule has 4 aromatic rings. The monoisotopic (exact) mass is 424 g/mol. The number of aromatic nitrogens is 3. The van der Waals surface area contributed by atoms with E-state index in [4.69, 9.17) is 9.72 Å². The third kappa shape index (κ3) is 4.35. The average Bonchev–Trinajstić information content (AvgIpc) is 3.22. The summed E-state index contributed by atoms with van der Waals surface area (Å²) in [6, 6.07) is 17.3. The molecule has 0 amide bonds. The Labute approximate surface area is 189 Å². The van der Waals surface area contributed by atoms with Crippen LogP contribution in [0.2, 0.25) is 0 Å². The fourth-order valence-corrected chi connectivity index (χ4v) is 4.30. The quantitative estimate of drug-likeness (QED) is 0.436. The van der Waals surface area contributed by atoms with Crippen LogP contribution < -0.4 is 0 Å². The van der Waals surface area contributed by atoms with Crippen molar-refractivity contribution < 1.29 is 4.74 Å². The van der Waals surface area contributed by atoms with Crippen LogP contribution in [-0.2, 0) is 17.8 Å². The second kappa shape index (κ2) is 9.07. The minimum atomic E-state index is 0.651. The van der Waals surface area contributed by atoms with E-state index >= 15 is 0 Å². The van der Waals surface area contributed by atoms with Gasteiger partial charge in [-0.25, -0.2) is 4.98 Å². The van der Waals surface area contributed by atoms with E-state index in [9.17, 15) is 0 Å². The summed E-state index contributed by atoms with van der Waals surface area (Å²) in [6.07, 6.45) is 8.97. The number of ether oxygens (including phenoxy) is 1. The maximum Gasteiger partial charge on any atom is 0.0761 e. The van der Waals surface area contributed by atoms with Gasteiger partial charge in [0.2, 0.25) is 0 Å².